The number of ether oxygens (including phenoxy) is 2. The van der Waals surface area contributed by atoms with Gasteiger partial charge in [-0.1, -0.05) is 12.1 Å². The summed E-state index contributed by atoms with van der Waals surface area (Å²) in [5.74, 6) is -0.742. The molecule has 0 spiro atoms. The van der Waals surface area contributed by atoms with Crippen LogP contribution in [0.2, 0.25) is 0 Å². The number of carbonyl (C=O) groups is 2. The van der Waals surface area contributed by atoms with Gasteiger partial charge in [0.05, 0.1) is 6.10 Å². The van der Waals surface area contributed by atoms with E-state index in [9.17, 15) is 14.7 Å². The number of esters is 1. The van der Waals surface area contributed by atoms with Gasteiger partial charge in [0, 0.05) is 6.42 Å². The molecule has 1 aromatic carbocycles. The molecule has 0 aliphatic carbocycles. The van der Waals surface area contributed by atoms with Crippen LogP contribution in [0.4, 0.5) is 0 Å². The Balaban J connectivity index is 2.80. The standard InChI is InChI=1S/C18H27NO5/c1-12(2)23-11-16(21)19-15(17(22)24-18(3,4)5)10-13-6-8-14(20)9-7-13/h6-9,12,15,20H,10-11H2,1-5H3,(H,19,21)/t15-/m1/s1. The highest BCUT2D eigenvalue weighted by Gasteiger charge is 2.27. The van der Waals surface area contributed by atoms with Crippen LogP contribution in [0.25, 0.3) is 0 Å². The summed E-state index contributed by atoms with van der Waals surface area (Å²) < 4.78 is 10.6. The summed E-state index contributed by atoms with van der Waals surface area (Å²) in [4.78, 5) is 24.4. The topological polar surface area (TPSA) is 84.9 Å². The Bertz CT molecular complexity index is 546. The van der Waals surface area contributed by atoms with Gasteiger partial charge in [-0.15, -0.1) is 0 Å². The number of phenols is 1. The van der Waals surface area contributed by atoms with Crippen LogP contribution < -0.4 is 5.32 Å². The van der Waals surface area contributed by atoms with E-state index in [4.69, 9.17) is 9.47 Å². The van der Waals surface area contributed by atoms with E-state index in [1.165, 1.54) is 12.1 Å². The molecule has 0 radical (unpaired) electrons. The molecule has 0 aliphatic heterocycles. The molecule has 134 valence electrons. The molecule has 0 bridgehead atoms. The predicted octanol–water partition coefficient (Wildman–Crippen LogP) is 2.19. The van der Waals surface area contributed by atoms with Crippen LogP contribution in [-0.2, 0) is 25.5 Å². The third-order valence-corrected chi connectivity index (χ3v) is 2.95. The Hall–Kier alpha value is -2.08. The number of aromatic hydroxyl groups is 1. The Labute approximate surface area is 143 Å². The molecule has 0 saturated carbocycles. The molecule has 0 fully saturated rings. The molecule has 1 atom stereocenters. The van der Waals surface area contributed by atoms with E-state index in [0.29, 0.717) is 0 Å². The maximum Gasteiger partial charge on any atom is 0.329 e. The number of phenolic OH excluding ortho intramolecular Hbond substituents is 1. The van der Waals surface area contributed by atoms with Crippen molar-refractivity contribution < 1.29 is 24.2 Å². The quantitative estimate of drug-likeness (QED) is 0.745. The Morgan fingerprint density at radius 2 is 1.75 bits per heavy atom. The van der Waals surface area contributed by atoms with Gasteiger partial charge in [-0.05, 0) is 52.3 Å². The first kappa shape index (κ1) is 20.0. The molecule has 0 aliphatic rings. The molecule has 0 aromatic heterocycles. The Kier molecular flexibility index (Phi) is 7.22. The van der Waals surface area contributed by atoms with Crippen molar-refractivity contribution in [3.63, 3.8) is 0 Å². The van der Waals surface area contributed by atoms with Gasteiger partial charge in [0.2, 0.25) is 5.91 Å². The molecular weight excluding hydrogens is 310 g/mol. The van der Waals surface area contributed by atoms with Gasteiger partial charge in [0.1, 0.15) is 24.0 Å². The minimum atomic E-state index is -0.822. The third kappa shape index (κ3) is 7.97. The zero-order valence-corrected chi connectivity index (χ0v) is 15.0. The SMILES string of the molecule is CC(C)OCC(=O)N[C@H](Cc1ccc(O)cc1)C(=O)OC(C)(C)C. The van der Waals surface area contributed by atoms with Crippen LogP contribution in [0.1, 0.15) is 40.2 Å². The van der Waals surface area contributed by atoms with Crippen LogP contribution in [0.15, 0.2) is 24.3 Å². The van der Waals surface area contributed by atoms with Crippen LogP contribution >= 0.6 is 0 Å². The summed E-state index contributed by atoms with van der Waals surface area (Å²) in [6.07, 6.45) is 0.190. The van der Waals surface area contributed by atoms with E-state index in [-0.39, 0.29) is 30.8 Å². The van der Waals surface area contributed by atoms with Crippen molar-refractivity contribution in [3.8, 4) is 5.75 Å². The molecule has 0 saturated heterocycles. The minimum Gasteiger partial charge on any atom is -0.508 e. The van der Waals surface area contributed by atoms with Crippen LogP contribution in [0, 0.1) is 0 Å². The van der Waals surface area contributed by atoms with Crippen molar-refractivity contribution in [2.45, 2.75) is 58.8 Å². The molecule has 6 heteroatoms. The molecular formula is C18H27NO5. The molecule has 2 N–H and O–H groups in total. The van der Waals surface area contributed by atoms with E-state index in [1.54, 1.807) is 32.9 Å². The monoisotopic (exact) mass is 337 g/mol. The van der Waals surface area contributed by atoms with Gasteiger partial charge >= 0.3 is 5.97 Å². The van der Waals surface area contributed by atoms with Gasteiger partial charge in [0.15, 0.2) is 0 Å². The highest BCUT2D eigenvalue weighted by molar-refractivity contribution is 5.85. The summed E-state index contributed by atoms with van der Waals surface area (Å²) >= 11 is 0. The van der Waals surface area contributed by atoms with Gasteiger partial charge in [-0.2, -0.15) is 0 Å². The minimum absolute atomic E-state index is 0.0761. The number of hydrogen-bond acceptors (Lipinski definition) is 5. The average Bonchev–Trinajstić information content (AvgIpc) is 2.45. The van der Waals surface area contributed by atoms with Crippen molar-refractivity contribution in [2.24, 2.45) is 0 Å². The molecule has 1 aromatic rings. The first-order valence-corrected chi connectivity index (χ1v) is 7.98. The van der Waals surface area contributed by atoms with Crippen LogP contribution in [-0.4, -0.2) is 41.3 Å². The van der Waals surface area contributed by atoms with Crippen molar-refractivity contribution in [3.05, 3.63) is 29.8 Å². The number of benzene rings is 1. The summed E-state index contributed by atoms with van der Waals surface area (Å²) in [7, 11) is 0. The first-order valence-electron chi connectivity index (χ1n) is 7.98. The van der Waals surface area contributed by atoms with E-state index < -0.39 is 17.6 Å². The smallest absolute Gasteiger partial charge is 0.329 e. The lowest BCUT2D eigenvalue weighted by Gasteiger charge is -2.25. The van der Waals surface area contributed by atoms with Gasteiger partial charge in [-0.25, -0.2) is 4.79 Å². The predicted molar refractivity (Wildman–Crippen MR) is 90.7 cm³/mol. The largest absolute Gasteiger partial charge is 0.508 e. The number of amides is 1. The number of rotatable bonds is 7. The lowest BCUT2D eigenvalue weighted by Crippen LogP contribution is -2.46. The van der Waals surface area contributed by atoms with Gasteiger partial charge < -0.3 is 19.9 Å². The fraction of sp³-hybridized carbons (Fsp3) is 0.556. The van der Waals surface area contributed by atoms with Crippen molar-refractivity contribution >= 4 is 11.9 Å². The molecule has 0 heterocycles. The van der Waals surface area contributed by atoms with Gasteiger partial charge in [-0.3, -0.25) is 4.79 Å². The van der Waals surface area contributed by atoms with E-state index >= 15 is 0 Å². The highest BCUT2D eigenvalue weighted by Crippen LogP contribution is 2.14. The third-order valence-electron chi connectivity index (χ3n) is 2.95. The summed E-state index contributed by atoms with van der Waals surface area (Å²) in [5, 5.41) is 12.0. The van der Waals surface area contributed by atoms with Crippen LogP contribution in [0.3, 0.4) is 0 Å². The maximum atomic E-state index is 12.4. The number of hydrogen-bond donors (Lipinski definition) is 2. The second kappa shape index (κ2) is 8.68. The van der Waals surface area contributed by atoms with Crippen molar-refractivity contribution in [1.82, 2.24) is 5.32 Å². The van der Waals surface area contributed by atoms with Crippen molar-refractivity contribution in [2.75, 3.05) is 6.61 Å². The zero-order valence-electron chi connectivity index (χ0n) is 15.0. The lowest BCUT2D eigenvalue weighted by molar-refractivity contribution is -0.159. The van der Waals surface area contributed by atoms with Crippen LogP contribution in [0.5, 0.6) is 5.75 Å². The second-order valence-electron chi connectivity index (χ2n) is 6.88. The number of carbonyl (C=O) groups excluding carboxylic acids is 2. The molecule has 6 nitrogen and oxygen atoms in total. The molecule has 1 rings (SSSR count). The molecule has 24 heavy (non-hydrogen) atoms. The van der Waals surface area contributed by atoms with Gasteiger partial charge in [0.25, 0.3) is 0 Å². The Morgan fingerprint density at radius 1 is 1.17 bits per heavy atom. The Morgan fingerprint density at radius 3 is 2.25 bits per heavy atom. The second-order valence-corrected chi connectivity index (χ2v) is 6.88. The van der Waals surface area contributed by atoms with Crippen molar-refractivity contribution in [1.29, 1.82) is 0 Å². The zero-order chi connectivity index (χ0) is 18.3. The normalized spacial score (nSPS) is 12.8. The fourth-order valence-corrected chi connectivity index (χ4v) is 1.91. The molecule has 0 unspecified atom stereocenters. The van der Waals surface area contributed by atoms with E-state index in [0.717, 1.165) is 5.56 Å². The van der Waals surface area contributed by atoms with E-state index in [2.05, 4.69) is 5.32 Å². The molecule has 1 amide bonds. The summed E-state index contributed by atoms with van der Waals surface area (Å²) in [6, 6.07) is 5.64. The fourth-order valence-electron chi connectivity index (χ4n) is 1.91. The lowest BCUT2D eigenvalue weighted by atomic mass is 10.1. The highest BCUT2D eigenvalue weighted by atomic mass is 16.6. The summed E-state index contributed by atoms with van der Waals surface area (Å²) in [6.45, 7) is 8.85. The summed E-state index contributed by atoms with van der Waals surface area (Å²) in [5.41, 5.74) is 0.150. The number of nitrogens with one attached hydrogen (secondary N) is 1. The maximum absolute atomic E-state index is 12.4. The van der Waals surface area contributed by atoms with E-state index in [1.807, 2.05) is 13.8 Å². The average molecular weight is 337 g/mol. The first-order chi connectivity index (χ1) is 11.1.